The van der Waals surface area contributed by atoms with Crippen molar-refractivity contribution in [1.82, 2.24) is 9.80 Å². The first-order valence-corrected chi connectivity index (χ1v) is 7.23. The van der Waals surface area contributed by atoms with E-state index in [-0.39, 0.29) is 5.91 Å². The second-order valence-corrected chi connectivity index (χ2v) is 5.39. The maximum atomic E-state index is 12.7. The molecular weight excluding hydrogens is 252 g/mol. The Kier molecular flexibility index (Phi) is 4.65. The van der Waals surface area contributed by atoms with Crippen molar-refractivity contribution in [3.63, 3.8) is 0 Å². The van der Waals surface area contributed by atoms with Gasteiger partial charge in [0.2, 0.25) is 0 Å². The average molecular weight is 276 g/mol. The van der Waals surface area contributed by atoms with E-state index in [0.717, 1.165) is 43.9 Å². The molecule has 1 aliphatic rings. The van der Waals surface area contributed by atoms with Crippen LogP contribution in [0.5, 0.6) is 5.75 Å². The lowest BCUT2D eigenvalue weighted by molar-refractivity contribution is 0.0639. The van der Waals surface area contributed by atoms with Crippen molar-refractivity contribution in [2.24, 2.45) is 0 Å². The van der Waals surface area contributed by atoms with Crippen LogP contribution in [0.3, 0.4) is 0 Å². The summed E-state index contributed by atoms with van der Waals surface area (Å²) in [6.07, 6.45) is 0. The van der Waals surface area contributed by atoms with E-state index in [4.69, 9.17) is 4.74 Å². The van der Waals surface area contributed by atoms with E-state index in [1.54, 1.807) is 7.11 Å². The predicted octanol–water partition coefficient (Wildman–Crippen LogP) is 2.09. The van der Waals surface area contributed by atoms with Crippen molar-refractivity contribution in [2.75, 3.05) is 39.8 Å². The molecule has 1 aliphatic heterocycles. The lowest BCUT2D eigenvalue weighted by Gasteiger charge is -2.34. The molecule has 0 saturated carbocycles. The Bertz CT molecular complexity index is 491. The number of piperazine rings is 1. The van der Waals surface area contributed by atoms with E-state index >= 15 is 0 Å². The fraction of sp³-hybridized carbons (Fsp3) is 0.562. The van der Waals surface area contributed by atoms with Crippen molar-refractivity contribution >= 4 is 5.91 Å². The molecule has 1 saturated heterocycles. The number of benzene rings is 1. The Labute approximate surface area is 121 Å². The number of hydrogen-bond donors (Lipinski definition) is 0. The zero-order valence-corrected chi connectivity index (χ0v) is 12.9. The van der Waals surface area contributed by atoms with Gasteiger partial charge in [0.05, 0.1) is 12.7 Å². The van der Waals surface area contributed by atoms with Gasteiger partial charge in [0.15, 0.2) is 0 Å². The van der Waals surface area contributed by atoms with Gasteiger partial charge < -0.3 is 14.5 Å². The Hall–Kier alpha value is -1.55. The smallest absolute Gasteiger partial charge is 0.257 e. The lowest BCUT2D eigenvalue weighted by Crippen LogP contribution is -2.48. The number of carbonyl (C=O) groups excluding carboxylic acids is 1. The number of nitrogens with zero attached hydrogens (tertiary/aromatic N) is 2. The third kappa shape index (κ3) is 2.96. The molecule has 0 aliphatic carbocycles. The van der Waals surface area contributed by atoms with Gasteiger partial charge >= 0.3 is 0 Å². The first-order chi connectivity index (χ1) is 9.56. The molecule has 4 heteroatoms. The van der Waals surface area contributed by atoms with Crippen LogP contribution in [0.15, 0.2) is 12.1 Å². The van der Waals surface area contributed by atoms with Gasteiger partial charge in [-0.1, -0.05) is 13.0 Å². The largest absolute Gasteiger partial charge is 0.496 e. The maximum Gasteiger partial charge on any atom is 0.257 e. The molecule has 1 aromatic carbocycles. The van der Waals surface area contributed by atoms with Crippen molar-refractivity contribution in [3.05, 3.63) is 28.8 Å². The average Bonchev–Trinajstić information content (AvgIpc) is 2.46. The Morgan fingerprint density at radius 2 is 1.85 bits per heavy atom. The molecule has 0 spiro atoms. The second-order valence-electron chi connectivity index (χ2n) is 5.39. The van der Waals surface area contributed by atoms with E-state index < -0.39 is 0 Å². The third-order valence-electron chi connectivity index (χ3n) is 3.98. The number of aryl methyl sites for hydroxylation is 2. The number of likely N-dealkylation sites (N-methyl/N-ethyl adjacent to an activating group) is 1. The molecule has 1 heterocycles. The molecule has 1 fully saturated rings. The van der Waals surface area contributed by atoms with Crippen LogP contribution < -0.4 is 4.74 Å². The minimum absolute atomic E-state index is 0.0927. The highest BCUT2D eigenvalue weighted by atomic mass is 16.5. The van der Waals surface area contributed by atoms with Crippen LogP contribution in [0.1, 0.15) is 28.4 Å². The highest BCUT2D eigenvalue weighted by Crippen LogP contribution is 2.26. The standard InChI is InChI=1S/C16H24N2O2/c1-5-17-6-8-18(9-7-17)16(19)15-13(3)10-12(2)11-14(15)20-4/h10-11H,5-9H2,1-4H3. The summed E-state index contributed by atoms with van der Waals surface area (Å²) in [5, 5.41) is 0. The molecule has 0 bridgehead atoms. The normalized spacial score (nSPS) is 16.3. The van der Waals surface area contributed by atoms with Gasteiger partial charge in [-0.3, -0.25) is 4.79 Å². The van der Waals surface area contributed by atoms with Gasteiger partial charge in [0.1, 0.15) is 5.75 Å². The van der Waals surface area contributed by atoms with E-state index in [2.05, 4.69) is 11.8 Å². The van der Waals surface area contributed by atoms with Crippen molar-refractivity contribution < 1.29 is 9.53 Å². The van der Waals surface area contributed by atoms with Gasteiger partial charge in [-0.2, -0.15) is 0 Å². The summed E-state index contributed by atoms with van der Waals surface area (Å²) in [6.45, 7) is 10.7. The highest BCUT2D eigenvalue weighted by molar-refractivity contribution is 5.98. The van der Waals surface area contributed by atoms with Gasteiger partial charge in [-0.05, 0) is 37.6 Å². The lowest BCUT2D eigenvalue weighted by atomic mass is 10.0. The molecule has 1 amide bonds. The molecule has 0 aromatic heterocycles. The van der Waals surface area contributed by atoms with Crippen LogP contribution >= 0.6 is 0 Å². The Morgan fingerprint density at radius 3 is 2.40 bits per heavy atom. The van der Waals surface area contributed by atoms with Gasteiger partial charge in [-0.15, -0.1) is 0 Å². The van der Waals surface area contributed by atoms with Crippen LogP contribution in [0.4, 0.5) is 0 Å². The van der Waals surface area contributed by atoms with E-state index in [1.807, 2.05) is 30.9 Å². The summed E-state index contributed by atoms with van der Waals surface area (Å²) < 4.78 is 5.40. The molecular formula is C16H24N2O2. The number of methoxy groups -OCH3 is 1. The number of amides is 1. The first-order valence-electron chi connectivity index (χ1n) is 7.23. The Morgan fingerprint density at radius 1 is 1.20 bits per heavy atom. The summed E-state index contributed by atoms with van der Waals surface area (Å²) in [7, 11) is 1.63. The first kappa shape index (κ1) is 14.9. The maximum absolute atomic E-state index is 12.7. The van der Waals surface area contributed by atoms with Crippen LogP contribution in [0, 0.1) is 13.8 Å². The number of ether oxygens (including phenoxy) is 1. The summed E-state index contributed by atoms with van der Waals surface area (Å²) in [5.74, 6) is 0.778. The topological polar surface area (TPSA) is 32.8 Å². The summed E-state index contributed by atoms with van der Waals surface area (Å²) in [5.41, 5.74) is 2.82. The van der Waals surface area contributed by atoms with Crippen molar-refractivity contribution in [3.8, 4) is 5.75 Å². The van der Waals surface area contributed by atoms with E-state index in [0.29, 0.717) is 11.3 Å². The summed E-state index contributed by atoms with van der Waals surface area (Å²) in [4.78, 5) is 17.0. The monoisotopic (exact) mass is 276 g/mol. The minimum atomic E-state index is 0.0927. The van der Waals surface area contributed by atoms with Gasteiger partial charge in [0.25, 0.3) is 5.91 Å². The summed E-state index contributed by atoms with van der Waals surface area (Å²) >= 11 is 0. The molecule has 0 N–H and O–H groups in total. The zero-order valence-electron chi connectivity index (χ0n) is 12.9. The molecule has 20 heavy (non-hydrogen) atoms. The van der Waals surface area contributed by atoms with Crippen LogP contribution in [0.2, 0.25) is 0 Å². The second kappa shape index (κ2) is 6.27. The van der Waals surface area contributed by atoms with E-state index in [1.165, 1.54) is 0 Å². The number of rotatable bonds is 3. The summed E-state index contributed by atoms with van der Waals surface area (Å²) in [6, 6.07) is 3.97. The minimum Gasteiger partial charge on any atom is -0.496 e. The van der Waals surface area contributed by atoms with Crippen LogP contribution in [-0.4, -0.2) is 55.5 Å². The fourth-order valence-corrected chi connectivity index (χ4v) is 2.79. The zero-order chi connectivity index (χ0) is 14.7. The van der Waals surface area contributed by atoms with E-state index in [9.17, 15) is 4.79 Å². The van der Waals surface area contributed by atoms with Crippen LogP contribution in [0.25, 0.3) is 0 Å². The van der Waals surface area contributed by atoms with Gasteiger partial charge in [0, 0.05) is 26.2 Å². The quantitative estimate of drug-likeness (QED) is 0.847. The highest BCUT2D eigenvalue weighted by Gasteiger charge is 2.25. The fourth-order valence-electron chi connectivity index (χ4n) is 2.79. The molecule has 4 nitrogen and oxygen atoms in total. The Balaban J connectivity index is 2.21. The molecule has 0 atom stereocenters. The molecule has 0 radical (unpaired) electrons. The van der Waals surface area contributed by atoms with Crippen molar-refractivity contribution in [2.45, 2.75) is 20.8 Å². The molecule has 2 rings (SSSR count). The number of hydrogen-bond acceptors (Lipinski definition) is 3. The molecule has 0 unspecified atom stereocenters. The SMILES string of the molecule is CCN1CCN(C(=O)c2c(C)cc(C)cc2OC)CC1. The van der Waals surface area contributed by atoms with Gasteiger partial charge in [-0.25, -0.2) is 0 Å². The number of carbonyl (C=O) groups is 1. The third-order valence-corrected chi connectivity index (χ3v) is 3.98. The van der Waals surface area contributed by atoms with Crippen molar-refractivity contribution in [1.29, 1.82) is 0 Å². The molecule has 110 valence electrons. The predicted molar refractivity (Wildman–Crippen MR) is 80.5 cm³/mol. The van der Waals surface area contributed by atoms with Crippen LogP contribution in [-0.2, 0) is 0 Å². The molecule has 1 aromatic rings.